The second-order valence-corrected chi connectivity index (χ2v) is 3.20. The molecule has 0 saturated heterocycles. The molecule has 0 spiro atoms. The zero-order valence-corrected chi connectivity index (χ0v) is 7.87. The van der Waals surface area contributed by atoms with Gasteiger partial charge in [-0.15, -0.1) is 0 Å². The van der Waals surface area contributed by atoms with Gasteiger partial charge in [-0.05, 0) is 24.6 Å². The zero-order chi connectivity index (χ0) is 9.97. The summed E-state index contributed by atoms with van der Waals surface area (Å²) < 4.78 is 0. The molecule has 4 nitrogen and oxygen atoms in total. The first-order valence-electron chi connectivity index (χ1n) is 4.42. The van der Waals surface area contributed by atoms with Crippen molar-refractivity contribution < 1.29 is 4.79 Å². The van der Waals surface area contributed by atoms with E-state index in [1.54, 1.807) is 0 Å². The first kappa shape index (κ1) is 8.74. The third-order valence-corrected chi connectivity index (χ3v) is 2.04. The molecule has 1 aromatic heterocycles. The molecule has 0 aliphatic heterocycles. The maximum atomic E-state index is 10.1. The summed E-state index contributed by atoms with van der Waals surface area (Å²) in [5, 5.41) is 2.57. The lowest BCUT2D eigenvalue weighted by atomic mass is 10.2. The van der Waals surface area contributed by atoms with Gasteiger partial charge in [-0.3, -0.25) is 4.79 Å². The van der Waals surface area contributed by atoms with Crippen LogP contribution in [0.25, 0.3) is 11.0 Å². The van der Waals surface area contributed by atoms with Gasteiger partial charge in [0.25, 0.3) is 0 Å². The van der Waals surface area contributed by atoms with E-state index in [0.29, 0.717) is 13.0 Å². The number of nitrogens with one attached hydrogen (secondary N) is 2. The molecule has 0 fully saturated rings. The van der Waals surface area contributed by atoms with Gasteiger partial charge >= 0.3 is 0 Å². The molecule has 0 atom stereocenters. The normalized spacial score (nSPS) is 10.4. The largest absolute Gasteiger partial charge is 0.351 e. The number of aromatic nitrogens is 2. The van der Waals surface area contributed by atoms with Crippen LogP contribution in [-0.4, -0.2) is 16.4 Å². The number of hydrogen-bond acceptors (Lipinski definition) is 2. The number of amides is 1. The lowest BCUT2D eigenvalue weighted by Gasteiger charge is -1.91. The fourth-order valence-electron chi connectivity index (χ4n) is 1.40. The molecule has 0 aliphatic rings. The van der Waals surface area contributed by atoms with Crippen molar-refractivity contribution in [1.82, 2.24) is 15.3 Å². The van der Waals surface area contributed by atoms with Gasteiger partial charge in [0.05, 0.1) is 17.6 Å². The molecular formula is C10H11N3O. The molecule has 1 aromatic carbocycles. The third-order valence-electron chi connectivity index (χ3n) is 2.04. The highest BCUT2D eigenvalue weighted by Gasteiger charge is 2.01. The number of carbonyl (C=O) groups is 1. The van der Waals surface area contributed by atoms with Crippen LogP contribution in [-0.2, 0) is 11.3 Å². The Kier molecular flexibility index (Phi) is 2.18. The molecule has 4 heteroatoms. The van der Waals surface area contributed by atoms with E-state index in [9.17, 15) is 4.79 Å². The van der Waals surface area contributed by atoms with Crippen molar-refractivity contribution in [1.29, 1.82) is 0 Å². The fourth-order valence-corrected chi connectivity index (χ4v) is 1.40. The Balaban J connectivity index is 2.36. The standard InChI is InChI=1S/C10H11N3O/c1-7-2-3-8-9(4-7)13-10(12-8)5-11-6-14/h2-4,6H,5H2,1H3,(H,11,14)(H,12,13). The maximum absolute atomic E-state index is 10.1. The van der Waals surface area contributed by atoms with Crippen LogP contribution in [0.3, 0.4) is 0 Å². The van der Waals surface area contributed by atoms with Crippen LogP contribution in [0.5, 0.6) is 0 Å². The summed E-state index contributed by atoms with van der Waals surface area (Å²) in [7, 11) is 0. The van der Waals surface area contributed by atoms with Crippen molar-refractivity contribution in [3.63, 3.8) is 0 Å². The van der Waals surface area contributed by atoms with Gasteiger partial charge < -0.3 is 10.3 Å². The molecule has 2 aromatic rings. The summed E-state index contributed by atoms with van der Waals surface area (Å²) in [5.41, 5.74) is 3.13. The number of benzene rings is 1. The van der Waals surface area contributed by atoms with Crippen molar-refractivity contribution in [2.24, 2.45) is 0 Å². The molecule has 1 amide bonds. The molecule has 1 heterocycles. The molecule has 2 rings (SSSR count). The van der Waals surface area contributed by atoms with Crippen molar-refractivity contribution in [3.8, 4) is 0 Å². The van der Waals surface area contributed by atoms with Gasteiger partial charge in [0, 0.05) is 0 Å². The zero-order valence-electron chi connectivity index (χ0n) is 7.87. The van der Waals surface area contributed by atoms with Crippen LogP contribution in [0.4, 0.5) is 0 Å². The average Bonchev–Trinajstić information content (AvgIpc) is 2.56. The Bertz CT molecular complexity index is 461. The number of rotatable bonds is 3. The van der Waals surface area contributed by atoms with Gasteiger partial charge in [-0.25, -0.2) is 4.98 Å². The van der Waals surface area contributed by atoms with Crippen molar-refractivity contribution >= 4 is 17.4 Å². The first-order valence-corrected chi connectivity index (χ1v) is 4.42. The van der Waals surface area contributed by atoms with Crippen molar-refractivity contribution in [2.75, 3.05) is 0 Å². The first-order chi connectivity index (χ1) is 6.79. The number of aryl methyl sites for hydroxylation is 1. The molecule has 72 valence electrons. The van der Waals surface area contributed by atoms with Gasteiger partial charge in [0.15, 0.2) is 0 Å². The minimum absolute atomic E-state index is 0.442. The van der Waals surface area contributed by atoms with E-state index >= 15 is 0 Å². The fraction of sp³-hybridized carbons (Fsp3) is 0.200. The number of hydrogen-bond donors (Lipinski definition) is 2. The Morgan fingerprint density at radius 1 is 1.57 bits per heavy atom. The number of imidazole rings is 1. The van der Waals surface area contributed by atoms with E-state index in [-0.39, 0.29) is 0 Å². The molecule has 2 N–H and O–H groups in total. The monoisotopic (exact) mass is 189 g/mol. The molecule has 0 saturated carbocycles. The van der Waals surface area contributed by atoms with Crippen molar-refractivity contribution in [2.45, 2.75) is 13.5 Å². The third kappa shape index (κ3) is 1.59. The minimum atomic E-state index is 0.442. The average molecular weight is 189 g/mol. The van der Waals surface area contributed by atoms with E-state index in [1.807, 2.05) is 25.1 Å². The molecular weight excluding hydrogens is 178 g/mol. The highest BCUT2D eigenvalue weighted by atomic mass is 16.1. The van der Waals surface area contributed by atoms with Gasteiger partial charge in [0.1, 0.15) is 5.82 Å². The number of H-pyrrole nitrogens is 1. The number of aromatic amines is 1. The number of fused-ring (bicyclic) bond motifs is 1. The van der Waals surface area contributed by atoms with Gasteiger partial charge in [-0.1, -0.05) is 6.07 Å². The Morgan fingerprint density at radius 3 is 3.21 bits per heavy atom. The Morgan fingerprint density at radius 2 is 2.43 bits per heavy atom. The highest BCUT2D eigenvalue weighted by Crippen LogP contribution is 2.12. The predicted octanol–water partition coefficient (Wildman–Crippen LogP) is 1.12. The smallest absolute Gasteiger partial charge is 0.207 e. The lowest BCUT2D eigenvalue weighted by molar-refractivity contribution is -0.109. The van der Waals surface area contributed by atoms with E-state index in [4.69, 9.17) is 0 Å². The van der Waals surface area contributed by atoms with Crippen LogP contribution >= 0.6 is 0 Å². The summed E-state index contributed by atoms with van der Waals surface area (Å²) in [6, 6.07) is 6.01. The van der Waals surface area contributed by atoms with Crippen LogP contribution in [0.15, 0.2) is 18.2 Å². The maximum Gasteiger partial charge on any atom is 0.207 e. The summed E-state index contributed by atoms with van der Waals surface area (Å²) in [4.78, 5) is 17.5. The second kappa shape index (κ2) is 3.49. The topological polar surface area (TPSA) is 57.8 Å². The van der Waals surface area contributed by atoms with Crippen LogP contribution in [0.2, 0.25) is 0 Å². The minimum Gasteiger partial charge on any atom is -0.351 e. The van der Waals surface area contributed by atoms with Crippen LogP contribution in [0.1, 0.15) is 11.4 Å². The number of nitrogens with zero attached hydrogens (tertiary/aromatic N) is 1. The molecule has 0 radical (unpaired) electrons. The van der Waals surface area contributed by atoms with E-state index < -0.39 is 0 Å². The van der Waals surface area contributed by atoms with E-state index in [2.05, 4.69) is 15.3 Å². The second-order valence-electron chi connectivity index (χ2n) is 3.20. The predicted molar refractivity (Wildman–Crippen MR) is 53.7 cm³/mol. The Hall–Kier alpha value is -1.84. The van der Waals surface area contributed by atoms with Crippen molar-refractivity contribution in [3.05, 3.63) is 29.6 Å². The summed E-state index contributed by atoms with van der Waals surface area (Å²) >= 11 is 0. The quantitative estimate of drug-likeness (QED) is 0.711. The summed E-state index contributed by atoms with van der Waals surface area (Å²) in [6.45, 7) is 2.47. The molecule has 0 aliphatic carbocycles. The van der Waals surface area contributed by atoms with Crippen LogP contribution < -0.4 is 5.32 Å². The highest BCUT2D eigenvalue weighted by molar-refractivity contribution is 5.75. The van der Waals surface area contributed by atoms with Gasteiger partial charge in [-0.2, -0.15) is 0 Å². The molecule has 14 heavy (non-hydrogen) atoms. The summed E-state index contributed by atoms with van der Waals surface area (Å²) in [6.07, 6.45) is 0.665. The Labute approximate surface area is 81.3 Å². The van der Waals surface area contributed by atoms with Crippen LogP contribution in [0, 0.1) is 6.92 Å². The van der Waals surface area contributed by atoms with E-state index in [1.165, 1.54) is 5.56 Å². The van der Waals surface area contributed by atoms with E-state index in [0.717, 1.165) is 16.9 Å². The SMILES string of the molecule is Cc1ccc2nc(CNC=O)[nH]c2c1. The lowest BCUT2D eigenvalue weighted by Crippen LogP contribution is -2.10. The number of carbonyl (C=O) groups excluding carboxylic acids is 1. The molecule has 0 unspecified atom stereocenters. The molecule has 0 bridgehead atoms. The van der Waals surface area contributed by atoms with Gasteiger partial charge in [0.2, 0.25) is 6.41 Å². The summed E-state index contributed by atoms with van der Waals surface area (Å²) in [5.74, 6) is 0.776.